The lowest BCUT2D eigenvalue weighted by Crippen LogP contribution is -2.29. The fourth-order valence-electron chi connectivity index (χ4n) is 4.00. The molecule has 4 rings (SSSR count). The summed E-state index contributed by atoms with van der Waals surface area (Å²) in [6, 6.07) is 11.0. The zero-order valence-corrected chi connectivity index (χ0v) is 19.9. The van der Waals surface area contributed by atoms with Crippen LogP contribution < -0.4 is 9.47 Å². The van der Waals surface area contributed by atoms with E-state index in [4.69, 9.17) is 13.9 Å². The van der Waals surface area contributed by atoms with Crippen molar-refractivity contribution in [1.29, 1.82) is 0 Å². The largest absolute Gasteiger partial charge is 0.507 e. The standard InChI is InChI=1S/C27H28N2O6/c1-17(2)10-14-35-21-7-6-19(15-22(21)33-3)24-23(25(30)18-8-11-28-12-9-18)26(31)27(32)29(24)16-20-5-4-13-34-20/h4-9,11-13,15,17,24,30H,10,14,16H2,1-3H3. The number of hydrogen-bond acceptors (Lipinski definition) is 7. The number of aromatic nitrogens is 1. The number of amides is 1. The molecule has 1 aliphatic heterocycles. The topological polar surface area (TPSA) is 102 Å². The first kappa shape index (κ1) is 24.1. The minimum Gasteiger partial charge on any atom is -0.507 e. The first-order chi connectivity index (χ1) is 16.9. The second-order valence-corrected chi connectivity index (χ2v) is 8.68. The summed E-state index contributed by atoms with van der Waals surface area (Å²) in [6.07, 6.45) is 5.41. The van der Waals surface area contributed by atoms with Gasteiger partial charge in [0.25, 0.3) is 11.7 Å². The Morgan fingerprint density at radius 2 is 1.91 bits per heavy atom. The third-order valence-electron chi connectivity index (χ3n) is 5.86. The molecule has 1 amide bonds. The molecular formula is C27H28N2O6. The van der Waals surface area contributed by atoms with E-state index >= 15 is 0 Å². The first-order valence-corrected chi connectivity index (χ1v) is 11.4. The van der Waals surface area contributed by atoms with E-state index in [-0.39, 0.29) is 17.9 Å². The van der Waals surface area contributed by atoms with Gasteiger partial charge in [0, 0.05) is 18.0 Å². The van der Waals surface area contributed by atoms with Crippen LogP contribution in [0.2, 0.25) is 0 Å². The van der Waals surface area contributed by atoms with Gasteiger partial charge in [0.05, 0.1) is 38.1 Å². The van der Waals surface area contributed by atoms with Gasteiger partial charge in [-0.25, -0.2) is 0 Å². The van der Waals surface area contributed by atoms with Crippen LogP contribution in [0.1, 0.15) is 43.2 Å². The van der Waals surface area contributed by atoms with Crippen molar-refractivity contribution in [3.05, 3.63) is 83.6 Å². The second kappa shape index (κ2) is 10.5. The first-order valence-electron chi connectivity index (χ1n) is 11.4. The highest BCUT2D eigenvalue weighted by Crippen LogP contribution is 2.42. The van der Waals surface area contributed by atoms with Gasteiger partial charge >= 0.3 is 0 Å². The van der Waals surface area contributed by atoms with Crippen LogP contribution in [0.3, 0.4) is 0 Å². The molecule has 1 aromatic carbocycles. The summed E-state index contributed by atoms with van der Waals surface area (Å²) in [5.41, 5.74) is 0.976. The average molecular weight is 477 g/mol. The molecule has 0 radical (unpaired) electrons. The number of methoxy groups -OCH3 is 1. The van der Waals surface area contributed by atoms with Crippen LogP contribution >= 0.6 is 0 Å². The maximum absolute atomic E-state index is 13.2. The number of rotatable bonds is 9. The lowest BCUT2D eigenvalue weighted by molar-refractivity contribution is -0.140. The van der Waals surface area contributed by atoms with Crippen molar-refractivity contribution >= 4 is 17.4 Å². The number of likely N-dealkylation sites (tertiary alicyclic amines) is 1. The Morgan fingerprint density at radius 3 is 2.57 bits per heavy atom. The van der Waals surface area contributed by atoms with Crippen molar-refractivity contribution in [2.45, 2.75) is 32.9 Å². The normalized spacial score (nSPS) is 17.3. The quantitative estimate of drug-likeness (QED) is 0.271. The van der Waals surface area contributed by atoms with Gasteiger partial charge in [-0.05, 0) is 54.3 Å². The number of aliphatic hydroxyl groups is 1. The number of Topliss-reactive ketones (excluding diaryl/α,β-unsaturated/α-hetero) is 1. The van der Waals surface area contributed by atoms with E-state index in [0.29, 0.717) is 40.9 Å². The molecule has 0 saturated carbocycles. The third kappa shape index (κ3) is 5.06. The van der Waals surface area contributed by atoms with Crippen molar-refractivity contribution in [3.63, 3.8) is 0 Å². The molecule has 1 unspecified atom stereocenters. The number of carbonyl (C=O) groups excluding carboxylic acids is 2. The van der Waals surface area contributed by atoms with Crippen LogP contribution in [0.25, 0.3) is 5.76 Å². The molecule has 3 heterocycles. The maximum atomic E-state index is 13.2. The highest BCUT2D eigenvalue weighted by atomic mass is 16.5. The Hall–Kier alpha value is -4.07. The third-order valence-corrected chi connectivity index (χ3v) is 5.86. The molecule has 0 bridgehead atoms. The predicted octanol–water partition coefficient (Wildman–Crippen LogP) is 4.73. The highest BCUT2D eigenvalue weighted by molar-refractivity contribution is 6.46. The van der Waals surface area contributed by atoms with E-state index in [1.165, 1.54) is 30.7 Å². The number of aliphatic hydroxyl groups excluding tert-OH is 1. The lowest BCUT2D eigenvalue weighted by Gasteiger charge is -2.25. The summed E-state index contributed by atoms with van der Waals surface area (Å²) in [6.45, 7) is 4.83. The van der Waals surface area contributed by atoms with Gasteiger partial charge in [-0.1, -0.05) is 19.9 Å². The number of furan rings is 1. The monoisotopic (exact) mass is 476 g/mol. The van der Waals surface area contributed by atoms with Crippen molar-refractivity contribution in [1.82, 2.24) is 9.88 Å². The van der Waals surface area contributed by atoms with Crippen molar-refractivity contribution in [2.75, 3.05) is 13.7 Å². The molecule has 8 nitrogen and oxygen atoms in total. The molecule has 0 aliphatic carbocycles. The maximum Gasteiger partial charge on any atom is 0.296 e. The molecule has 1 fully saturated rings. The van der Waals surface area contributed by atoms with Crippen LogP contribution in [-0.2, 0) is 16.1 Å². The second-order valence-electron chi connectivity index (χ2n) is 8.68. The zero-order chi connectivity index (χ0) is 24.9. The zero-order valence-electron chi connectivity index (χ0n) is 19.9. The van der Waals surface area contributed by atoms with Gasteiger partial charge in [-0.2, -0.15) is 0 Å². The summed E-state index contributed by atoms with van der Waals surface area (Å²) in [4.78, 5) is 31.6. The van der Waals surface area contributed by atoms with Crippen molar-refractivity contribution < 1.29 is 28.6 Å². The fourth-order valence-corrected chi connectivity index (χ4v) is 4.00. The minimum absolute atomic E-state index is 0.0108. The number of pyridine rings is 1. The Morgan fingerprint density at radius 1 is 1.14 bits per heavy atom. The number of ketones is 1. The van der Waals surface area contributed by atoms with Crippen molar-refractivity contribution in [3.8, 4) is 11.5 Å². The van der Waals surface area contributed by atoms with Crippen LogP contribution in [0.5, 0.6) is 11.5 Å². The fraction of sp³-hybridized carbons (Fsp3) is 0.296. The van der Waals surface area contributed by atoms with Gasteiger partial charge in [0.1, 0.15) is 11.5 Å². The molecule has 35 heavy (non-hydrogen) atoms. The van der Waals surface area contributed by atoms with Gasteiger partial charge in [0.15, 0.2) is 11.5 Å². The van der Waals surface area contributed by atoms with Gasteiger partial charge in [-0.15, -0.1) is 0 Å². The molecule has 8 heteroatoms. The molecule has 1 saturated heterocycles. The molecule has 1 atom stereocenters. The van der Waals surface area contributed by atoms with Crippen LogP contribution in [0, 0.1) is 5.92 Å². The summed E-state index contributed by atoms with van der Waals surface area (Å²) < 4.78 is 16.9. The number of hydrogen-bond donors (Lipinski definition) is 1. The number of carbonyl (C=O) groups is 2. The average Bonchev–Trinajstić information content (AvgIpc) is 3.46. The SMILES string of the molecule is COc1cc(C2C(=C(O)c3ccncc3)C(=O)C(=O)N2Cc2ccco2)ccc1OCCC(C)C. The Labute approximate surface area is 203 Å². The number of benzene rings is 1. The number of nitrogens with zero attached hydrogens (tertiary/aromatic N) is 2. The van der Waals surface area contributed by atoms with Crippen molar-refractivity contribution in [2.24, 2.45) is 5.92 Å². The number of ether oxygens (including phenoxy) is 2. The summed E-state index contributed by atoms with van der Waals surface area (Å²) in [7, 11) is 1.53. The van der Waals surface area contributed by atoms with Gasteiger partial charge in [-0.3, -0.25) is 14.6 Å². The molecule has 0 spiro atoms. The van der Waals surface area contributed by atoms with E-state index in [2.05, 4.69) is 18.8 Å². The smallest absolute Gasteiger partial charge is 0.296 e. The highest BCUT2D eigenvalue weighted by Gasteiger charge is 2.46. The molecule has 1 aliphatic rings. The van der Waals surface area contributed by atoms with Gasteiger partial charge < -0.3 is 23.9 Å². The van der Waals surface area contributed by atoms with E-state index in [0.717, 1.165) is 6.42 Å². The Balaban J connectivity index is 1.79. The molecule has 2 aromatic heterocycles. The van der Waals surface area contributed by atoms with E-state index in [1.807, 2.05) is 0 Å². The Bertz CT molecular complexity index is 1220. The van der Waals surface area contributed by atoms with E-state index in [1.54, 1.807) is 42.5 Å². The van der Waals surface area contributed by atoms with Crippen LogP contribution in [0.4, 0.5) is 0 Å². The molecule has 3 aromatic rings. The van der Waals surface area contributed by atoms with E-state index < -0.39 is 17.7 Å². The lowest BCUT2D eigenvalue weighted by atomic mass is 9.95. The predicted molar refractivity (Wildman–Crippen MR) is 129 cm³/mol. The Kier molecular flexibility index (Phi) is 7.19. The summed E-state index contributed by atoms with van der Waals surface area (Å²) >= 11 is 0. The van der Waals surface area contributed by atoms with Crippen LogP contribution in [0.15, 0.2) is 71.1 Å². The summed E-state index contributed by atoms with van der Waals surface area (Å²) in [5, 5.41) is 11.1. The summed E-state index contributed by atoms with van der Waals surface area (Å²) in [5.74, 6) is 0.281. The minimum atomic E-state index is -0.855. The van der Waals surface area contributed by atoms with Crippen LogP contribution in [-0.4, -0.2) is 40.4 Å². The molecular weight excluding hydrogens is 448 g/mol. The van der Waals surface area contributed by atoms with Gasteiger partial charge in [0.2, 0.25) is 0 Å². The van der Waals surface area contributed by atoms with E-state index in [9.17, 15) is 14.7 Å². The molecule has 182 valence electrons. The molecule has 1 N–H and O–H groups in total.